The maximum atomic E-state index is 12.6. The molecule has 0 fully saturated rings. The number of aliphatic carboxylic acids is 1. The zero-order valence-electron chi connectivity index (χ0n) is 15.0. The van der Waals surface area contributed by atoms with Gasteiger partial charge < -0.3 is 14.3 Å². The molecule has 0 aliphatic carbocycles. The lowest BCUT2D eigenvalue weighted by Gasteiger charge is -2.04. The summed E-state index contributed by atoms with van der Waals surface area (Å²) in [7, 11) is 0. The van der Waals surface area contributed by atoms with Crippen LogP contribution in [0.3, 0.4) is 0 Å². The zero-order valence-corrected chi connectivity index (χ0v) is 15.0. The van der Waals surface area contributed by atoms with E-state index >= 15 is 0 Å². The van der Waals surface area contributed by atoms with Gasteiger partial charge in [-0.3, -0.25) is 9.59 Å². The molecule has 1 N–H and O–H groups in total. The first-order valence-electron chi connectivity index (χ1n) is 8.76. The number of carboxylic acids is 1. The van der Waals surface area contributed by atoms with Gasteiger partial charge in [-0.2, -0.15) is 0 Å². The molecule has 3 aromatic rings. The van der Waals surface area contributed by atoms with E-state index in [4.69, 9.17) is 14.3 Å². The van der Waals surface area contributed by atoms with E-state index in [0.29, 0.717) is 23.5 Å². The molecule has 5 nitrogen and oxygen atoms in total. The summed E-state index contributed by atoms with van der Waals surface area (Å²) in [4.78, 5) is 23.1. The van der Waals surface area contributed by atoms with Crippen LogP contribution in [0.2, 0.25) is 0 Å². The summed E-state index contributed by atoms with van der Waals surface area (Å²) in [6.45, 7) is 2.12. The molecule has 27 heavy (non-hydrogen) atoms. The third-order valence-electron chi connectivity index (χ3n) is 4.17. The van der Waals surface area contributed by atoms with Crippen molar-refractivity contribution in [2.75, 3.05) is 6.61 Å². The van der Waals surface area contributed by atoms with Gasteiger partial charge in [0, 0.05) is 10.9 Å². The van der Waals surface area contributed by atoms with Crippen molar-refractivity contribution in [2.24, 2.45) is 0 Å². The Morgan fingerprint density at radius 1 is 1.11 bits per heavy atom. The summed E-state index contributed by atoms with van der Waals surface area (Å²) in [6.07, 6.45) is 3.88. The molecule has 3 rings (SSSR count). The van der Waals surface area contributed by atoms with Crippen LogP contribution in [0.25, 0.3) is 17.0 Å². The van der Waals surface area contributed by atoms with Crippen LogP contribution < -0.4 is 4.74 Å². The monoisotopic (exact) mass is 364 g/mol. The number of ketones is 1. The van der Waals surface area contributed by atoms with Gasteiger partial charge in [-0.15, -0.1) is 0 Å². The van der Waals surface area contributed by atoms with Gasteiger partial charge in [-0.05, 0) is 36.3 Å². The molecule has 0 aliphatic rings. The Morgan fingerprint density at radius 3 is 2.56 bits per heavy atom. The molecule has 0 atom stereocenters. The van der Waals surface area contributed by atoms with E-state index in [0.717, 1.165) is 16.5 Å². The van der Waals surface area contributed by atoms with Crippen LogP contribution in [0.5, 0.6) is 5.75 Å². The Kier molecular flexibility index (Phi) is 5.71. The predicted octanol–water partition coefficient (Wildman–Crippen LogP) is 4.74. The Labute approximate surface area is 156 Å². The predicted molar refractivity (Wildman–Crippen MR) is 103 cm³/mol. The van der Waals surface area contributed by atoms with Crippen molar-refractivity contribution in [3.05, 3.63) is 71.5 Å². The van der Waals surface area contributed by atoms with Crippen molar-refractivity contribution in [3.63, 3.8) is 0 Å². The molecular weight excluding hydrogens is 344 g/mol. The lowest BCUT2D eigenvalue weighted by Crippen LogP contribution is -2.04. The van der Waals surface area contributed by atoms with E-state index < -0.39 is 5.97 Å². The quantitative estimate of drug-likeness (QED) is 0.461. The lowest BCUT2D eigenvalue weighted by atomic mass is 10.1. The maximum Gasteiger partial charge on any atom is 0.306 e. The minimum Gasteiger partial charge on any atom is -0.493 e. The van der Waals surface area contributed by atoms with Crippen LogP contribution in [0.1, 0.15) is 35.0 Å². The number of benzene rings is 2. The number of allylic oxidation sites excluding steroid dienone is 1. The highest BCUT2D eigenvalue weighted by Gasteiger charge is 2.16. The van der Waals surface area contributed by atoms with Crippen molar-refractivity contribution in [1.29, 1.82) is 0 Å². The summed E-state index contributed by atoms with van der Waals surface area (Å²) in [5.41, 5.74) is 2.47. The van der Waals surface area contributed by atoms with Gasteiger partial charge in [0.1, 0.15) is 11.3 Å². The zero-order chi connectivity index (χ0) is 19.2. The van der Waals surface area contributed by atoms with Gasteiger partial charge in [0.15, 0.2) is 5.76 Å². The van der Waals surface area contributed by atoms with E-state index in [9.17, 15) is 9.59 Å². The second-order valence-corrected chi connectivity index (χ2v) is 6.02. The maximum absolute atomic E-state index is 12.6. The second kappa shape index (κ2) is 8.36. The number of carbonyl (C=O) groups excluding carboxylic acids is 1. The number of hydrogen-bond acceptors (Lipinski definition) is 4. The molecule has 5 heteroatoms. The van der Waals surface area contributed by atoms with Crippen LogP contribution in [0.4, 0.5) is 0 Å². The normalized spacial score (nSPS) is 11.1. The number of aryl methyl sites for hydroxylation is 1. The number of fused-ring (bicyclic) bond motifs is 1. The van der Waals surface area contributed by atoms with Crippen molar-refractivity contribution < 1.29 is 23.8 Å². The molecule has 0 unspecified atom stereocenters. The third kappa shape index (κ3) is 4.44. The summed E-state index contributed by atoms with van der Waals surface area (Å²) >= 11 is 0. The number of carboxylic acid groups (broad SMARTS) is 1. The number of furan rings is 1. The SMILES string of the molecule is CCc1c(C(=O)/C=C/c2ccc(OCCC(=O)O)cc2)oc2ccccc12. The lowest BCUT2D eigenvalue weighted by molar-refractivity contribution is -0.137. The van der Waals surface area contributed by atoms with Gasteiger partial charge >= 0.3 is 5.97 Å². The van der Waals surface area contributed by atoms with E-state index in [2.05, 4.69) is 0 Å². The topological polar surface area (TPSA) is 76.7 Å². The van der Waals surface area contributed by atoms with Gasteiger partial charge in [0.2, 0.25) is 5.78 Å². The number of ether oxygens (including phenoxy) is 1. The molecule has 0 aliphatic heterocycles. The molecule has 0 bridgehead atoms. The van der Waals surface area contributed by atoms with Crippen LogP contribution in [0, 0.1) is 0 Å². The van der Waals surface area contributed by atoms with E-state index in [1.807, 2.05) is 31.2 Å². The minimum atomic E-state index is -0.898. The highest BCUT2D eigenvalue weighted by atomic mass is 16.5. The first-order chi connectivity index (χ1) is 13.1. The Bertz CT molecular complexity index is 980. The van der Waals surface area contributed by atoms with Gasteiger partial charge in [-0.1, -0.05) is 43.3 Å². The second-order valence-electron chi connectivity index (χ2n) is 6.02. The average molecular weight is 364 g/mol. The Balaban J connectivity index is 1.71. The molecule has 1 aromatic heterocycles. The summed E-state index contributed by atoms with van der Waals surface area (Å²) in [5, 5.41) is 9.58. The first-order valence-corrected chi connectivity index (χ1v) is 8.76. The summed E-state index contributed by atoms with van der Waals surface area (Å²) < 4.78 is 11.1. The molecule has 0 saturated heterocycles. The standard InChI is InChI=1S/C22H20O5/c1-2-17-18-5-3-4-6-20(18)27-22(17)19(23)12-9-15-7-10-16(11-8-15)26-14-13-21(24)25/h3-12H,2,13-14H2,1H3,(H,24,25)/b12-9+. The summed E-state index contributed by atoms with van der Waals surface area (Å²) in [6, 6.07) is 14.7. The van der Waals surface area contributed by atoms with Crippen molar-refractivity contribution in [1.82, 2.24) is 0 Å². The molecule has 2 aromatic carbocycles. The van der Waals surface area contributed by atoms with Gasteiger partial charge in [0.25, 0.3) is 0 Å². The van der Waals surface area contributed by atoms with Crippen LogP contribution >= 0.6 is 0 Å². The smallest absolute Gasteiger partial charge is 0.306 e. The number of rotatable bonds is 8. The molecule has 0 saturated carbocycles. The number of para-hydroxylation sites is 1. The van der Waals surface area contributed by atoms with Crippen LogP contribution in [-0.2, 0) is 11.2 Å². The van der Waals surface area contributed by atoms with Crippen molar-refractivity contribution >= 4 is 28.8 Å². The van der Waals surface area contributed by atoms with Gasteiger partial charge in [-0.25, -0.2) is 0 Å². The number of carbonyl (C=O) groups is 2. The van der Waals surface area contributed by atoms with Gasteiger partial charge in [0.05, 0.1) is 13.0 Å². The molecule has 0 radical (unpaired) electrons. The summed E-state index contributed by atoms with van der Waals surface area (Å²) in [5.74, 6) is -0.108. The highest BCUT2D eigenvalue weighted by Crippen LogP contribution is 2.27. The number of hydrogen-bond donors (Lipinski definition) is 1. The molecular formula is C22H20O5. The molecule has 138 valence electrons. The molecule has 1 heterocycles. The Hall–Kier alpha value is -3.34. The van der Waals surface area contributed by atoms with E-state index in [1.54, 1.807) is 30.3 Å². The van der Waals surface area contributed by atoms with Crippen molar-refractivity contribution in [3.8, 4) is 5.75 Å². The minimum absolute atomic E-state index is 0.0482. The molecule has 0 spiro atoms. The molecule has 0 amide bonds. The van der Waals surface area contributed by atoms with Crippen molar-refractivity contribution in [2.45, 2.75) is 19.8 Å². The fraction of sp³-hybridized carbons (Fsp3) is 0.182. The fourth-order valence-corrected chi connectivity index (χ4v) is 2.83. The highest BCUT2D eigenvalue weighted by molar-refractivity contribution is 6.08. The fourth-order valence-electron chi connectivity index (χ4n) is 2.83. The Morgan fingerprint density at radius 2 is 1.85 bits per heavy atom. The van der Waals surface area contributed by atoms with E-state index in [1.165, 1.54) is 6.08 Å². The third-order valence-corrected chi connectivity index (χ3v) is 4.17. The van der Waals surface area contributed by atoms with Crippen LogP contribution in [0.15, 0.2) is 59.0 Å². The average Bonchev–Trinajstić information content (AvgIpc) is 3.05. The largest absolute Gasteiger partial charge is 0.493 e. The van der Waals surface area contributed by atoms with E-state index in [-0.39, 0.29) is 18.8 Å². The first kappa shape index (κ1) is 18.5. The van der Waals surface area contributed by atoms with Crippen LogP contribution in [-0.4, -0.2) is 23.5 Å².